The van der Waals surface area contributed by atoms with Crippen molar-refractivity contribution in [1.29, 1.82) is 0 Å². The van der Waals surface area contributed by atoms with Gasteiger partial charge in [0, 0.05) is 12.7 Å². The second-order valence-electron chi connectivity index (χ2n) is 6.16. The summed E-state index contributed by atoms with van der Waals surface area (Å²) < 4.78 is 40.1. The van der Waals surface area contributed by atoms with E-state index in [1.807, 2.05) is 0 Å². The molecule has 11 heteroatoms. The van der Waals surface area contributed by atoms with Crippen LogP contribution in [0.25, 0.3) is 5.69 Å². The lowest BCUT2D eigenvalue weighted by molar-refractivity contribution is -0.141. The molecule has 6 nitrogen and oxygen atoms in total. The Morgan fingerprint density at radius 1 is 1.30 bits per heavy atom. The summed E-state index contributed by atoms with van der Waals surface area (Å²) in [6, 6.07) is 7.13. The first-order chi connectivity index (χ1) is 14.2. The zero-order valence-electron chi connectivity index (χ0n) is 16.0. The van der Waals surface area contributed by atoms with Crippen molar-refractivity contribution < 1.29 is 18.0 Å². The molecular formula is C19H17ClF3N5OS. The van der Waals surface area contributed by atoms with Crippen molar-refractivity contribution in [3.8, 4) is 5.69 Å². The average Bonchev–Trinajstić information content (AvgIpc) is 3.10. The second kappa shape index (κ2) is 9.05. The van der Waals surface area contributed by atoms with Gasteiger partial charge in [0.1, 0.15) is 11.4 Å². The minimum Gasteiger partial charge on any atom is -0.308 e. The van der Waals surface area contributed by atoms with E-state index in [-0.39, 0.29) is 16.1 Å². The van der Waals surface area contributed by atoms with Crippen LogP contribution in [-0.2, 0) is 11.0 Å². The van der Waals surface area contributed by atoms with Gasteiger partial charge in [-0.3, -0.25) is 9.78 Å². The van der Waals surface area contributed by atoms with Gasteiger partial charge in [0.2, 0.25) is 5.91 Å². The van der Waals surface area contributed by atoms with Crippen LogP contribution in [0.3, 0.4) is 0 Å². The zero-order valence-corrected chi connectivity index (χ0v) is 17.5. The number of carbonyl (C=O) groups is 1. The number of nitrogens with zero attached hydrogens (tertiary/aromatic N) is 5. The van der Waals surface area contributed by atoms with Gasteiger partial charge < -0.3 is 4.90 Å². The Morgan fingerprint density at radius 3 is 2.70 bits per heavy atom. The fourth-order valence-electron chi connectivity index (χ4n) is 2.68. The highest BCUT2D eigenvalue weighted by molar-refractivity contribution is 8.00. The van der Waals surface area contributed by atoms with Crippen LogP contribution in [0.5, 0.6) is 0 Å². The van der Waals surface area contributed by atoms with Crippen molar-refractivity contribution >= 4 is 35.0 Å². The largest absolute Gasteiger partial charge is 0.433 e. The number of aromatic nitrogens is 4. The fraction of sp³-hybridized carbons (Fsp3) is 0.263. The van der Waals surface area contributed by atoms with E-state index in [1.54, 1.807) is 44.6 Å². The molecular weight excluding hydrogens is 439 g/mol. The van der Waals surface area contributed by atoms with E-state index in [4.69, 9.17) is 11.6 Å². The molecule has 0 aromatic carbocycles. The highest BCUT2D eigenvalue weighted by atomic mass is 35.5. The highest BCUT2D eigenvalue weighted by Gasteiger charge is 2.33. The van der Waals surface area contributed by atoms with Gasteiger partial charge in [0.05, 0.1) is 28.4 Å². The number of hydrogen-bond donors (Lipinski definition) is 0. The third-order valence-electron chi connectivity index (χ3n) is 4.09. The van der Waals surface area contributed by atoms with E-state index >= 15 is 0 Å². The molecule has 0 saturated carbocycles. The van der Waals surface area contributed by atoms with E-state index in [0.717, 1.165) is 17.8 Å². The van der Waals surface area contributed by atoms with Gasteiger partial charge in [-0.05, 0) is 38.1 Å². The summed E-state index contributed by atoms with van der Waals surface area (Å²) in [5, 5.41) is 3.76. The number of thioether (sulfide) groups is 1. The van der Waals surface area contributed by atoms with Crippen molar-refractivity contribution in [3.05, 3.63) is 59.8 Å². The molecule has 0 N–H and O–H groups in total. The summed E-state index contributed by atoms with van der Waals surface area (Å²) in [7, 11) is 0. The molecule has 1 unspecified atom stereocenters. The van der Waals surface area contributed by atoms with Gasteiger partial charge in [-0.15, -0.1) is 0 Å². The van der Waals surface area contributed by atoms with Crippen molar-refractivity contribution in [2.24, 2.45) is 0 Å². The number of pyridine rings is 2. The Morgan fingerprint density at radius 2 is 2.07 bits per heavy atom. The van der Waals surface area contributed by atoms with Crippen LogP contribution in [0, 0.1) is 0 Å². The second-order valence-corrected chi connectivity index (χ2v) is 7.88. The van der Waals surface area contributed by atoms with Crippen LogP contribution in [0.15, 0.2) is 53.9 Å². The highest BCUT2D eigenvalue weighted by Crippen LogP contribution is 2.32. The summed E-state index contributed by atoms with van der Waals surface area (Å²) in [4.78, 5) is 22.1. The first kappa shape index (κ1) is 22.1. The summed E-state index contributed by atoms with van der Waals surface area (Å²) in [6.45, 7) is 3.69. The molecule has 3 aromatic heterocycles. The smallest absolute Gasteiger partial charge is 0.308 e. The Kier molecular flexibility index (Phi) is 6.67. The number of anilines is 1. The molecule has 1 amide bonds. The molecule has 0 saturated heterocycles. The number of halogens is 4. The summed E-state index contributed by atoms with van der Waals surface area (Å²) in [5.41, 5.74) is 0.0718. The Labute approximate surface area is 180 Å². The van der Waals surface area contributed by atoms with E-state index in [0.29, 0.717) is 17.9 Å². The van der Waals surface area contributed by atoms with Gasteiger partial charge in [-0.1, -0.05) is 29.4 Å². The monoisotopic (exact) mass is 455 g/mol. The van der Waals surface area contributed by atoms with Gasteiger partial charge in [0.25, 0.3) is 0 Å². The van der Waals surface area contributed by atoms with E-state index < -0.39 is 17.1 Å². The van der Waals surface area contributed by atoms with Crippen molar-refractivity contribution in [3.63, 3.8) is 0 Å². The molecule has 0 fully saturated rings. The predicted octanol–water partition coefficient (Wildman–Crippen LogP) is 4.87. The lowest BCUT2D eigenvalue weighted by Gasteiger charge is -2.23. The van der Waals surface area contributed by atoms with Crippen LogP contribution in [-0.4, -0.2) is 37.5 Å². The molecule has 0 aliphatic heterocycles. The molecule has 0 bridgehead atoms. The first-order valence-corrected chi connectivity index (χ1v) is 10.1. The molecule has 1 atom stereocenters. The molecule has 3 rings (SSSR count). The molecule has 30 heavy (non-hydrogen) atoms. The van der Waals surface area contributed by atoms with E-state index in [2.05, 4.69) is 15.1 Å². The first-order valence-electron chi connectivity index (χ1n) is 8.88. The minimum absolute atomic E-state index is 0.110. The molecule has 0 spiro atoms. The maximum Gasteiger partial charge on any atom is 0.433 e. The van der Waals surface area contributed by atoms with Crippen molar-refractivity contribution in [2.75, 3.05) is 11.4 Å². The van der Waals surface area contributed by atoms with Gasteiger partial charge in [-0.2, -0.15) is 18.3 Å². The number of hydrogen-bond acceptors (Lipinski definition) is 5. The topological polar surface area (TPSA) is 63.9 Å². The van der Waals surface area contributed by atoms with Crippen LogP contribution in [0.2, 0.25) is 5.15 Å². The Hall–Kier alpha value is -2.59. The van der Waals surface area contributed by atoms with Crippen molar-refractivity contribution in [2.45, 2.75) is 30.3 Å². The maximum atomic E-state index is 13.0. The van der Waals surface area contributed by atoms with E-state index in [9.17, 15) is 18.0 Å². The maximum absolute atomic E-state index is 13.0. The molecule has 3 heterocycles. The predicted molar refractivity (Wildman–Crippen MR) is 109 cm³/mol. The lowest BCUT2D eigenvalue weighted by Crippen LogP contribution is -2.36. The third kappa shape index (κ3) is 4.93. The van der Waals surface area contributed by atoms with Crippen molar-refractivity contribution in [1.82, 2.24) is 19.7 Å². The normalized spacial score (nSPS) is 12.6. The minimum atomic E-state index is -4.55. The van der Waals surface area contributed by atoms with Gasteiger partial charge >= 0.3 is 6.18 Å². The van der Waals surface area contributed by atoms with Gasteiger partial charge in [0.15, 0.2) is 5.15 Å². The zero-order chi connectivity index (χ0) is 21.9. The van der Waals surface area contributed by atoms with Crippen LogP contribution < -0.4 is 4.90 Å². The Balaban J connectivity index is 1.80. The average molecular weight is 456 g/mol. The van der Waals surface area contributed by atoms with Crippen LogP contribution >= 0.6 is 23.4 Å². The SMILES string of the molecule is CCN(C(=O)C(C)Sc1cccc(C(F)(F)F)n1)c1cn(-c2cccnc2)nc1Cl. The summed E-state index contributed by atoms with van der Waals surface area (Å²) in [6.07, 6.45) is 0.287. The number of rotatable bonds is 6. The standard InChI is InChI=1S/C19H17ClF3N5OS/c1-3-27(14-11-28(26-17(14)20)13-6-5-9-24-10-13)18(29)12(2)30-16-8-4-7-15(25-16)19(21,22)23/h4-12H,3H2,1-2H3. The molecule has 3 aromatic rings. The van der Waals surface area contributed by atoms with E-state index in [1.165, 1.54) is 21.7 Å². The molecule has 0 radical (unpaired) electrons. The number of alkyl halides is 3. The molecule has 0 aliphatic carbocycles. The summed E-state index contributed by atoms with van der Waals surface area (Å²) >= 11 is 7.20. The van der Waals surface area contributed by atoms with Gasteiger partial charge in [-0.25, -0.2) is 9.67 Å². The molecule has 0 aliphatic rings. The fourth-order valence-corrected chi connectivity index (χ4v) is 3.81. The summed E-state index contributed by atoms with van der Waals surface area (Å²) in [5.74, 6) is -0.325. The lowest BCUT2D eigenvalue weighted by atomic mass is 10.3. The Bertz CT molecular complexity index is 1030. The number of amides is 1. The quantitative estimate of drug-likeness (QED) is 0.496. The number of carbonyl (C=O) groups excluding carboxylic acids is 1. The van der Waals surface area contributed by atoms with Crippen LogP contribution in [0.4, 0.5) is 18.9 Å². The third-order valence-corrected chi connectivity index (χ3v) is 5.39. The van der Waals surface area contributed by atoms with Crippen LogP contribution in [0.1, 0.15) is 19.5 Å². The molecule has 158 valence electrons.